The summed E-state index contributed by atoms with van der Waals surface area (Å²) < 4.78 is 0. The largest absolute Gasteiger partial charge is 0.299 e. The van der Waals surface area contributed by atoms with E-state index in [4.69, 9.17) is 0 Å². The van der Waals surface area contributed by atoms with Crippen molar-refractivity contribution in [3.05, 3.63) is 0 Å². The van der Waals surface area contributed by atoms with Crippen molar-refractivity contribution in [2.45, 2.75) is 32.1 Å². The van der Waals surface area contributed by atoms with Gasteiger partial charge in [-0.2, -0.15) is 0 Å². The number of rotatable bonds is 2. The van der Waals surface area contributed by atoms with Crippen molar-refractivity contribution in [1.82, 2.24) is 0 Å². The fraction of sp³-hybridized carbons (Fsp3) is 0.889. The highest BCUT2D eigenvalue weighted by Gasteiger charge is 2.56. The quantitative estimate of drug-likeness (QED) is 0.649. The Hall–Kier alpha value is 0.150. The summed E-state index contributed by atoms with van der Waals surface area (Å²) in [7, 11) is 0. The van der Waals surface area contributed by atoms with E-state index in [1.165, 1.54) is 25.7 Å². The molecule has 0 heterocycles. The summed E-state index contributed by atoms with van der Waals surface area (Å²) in [6.07, 6.45) is 5.72. The first-order valence-electron chi connectivity index (χ1n) is 4.39. The van der Waals surface area contributed by atoms with Crippen LogP contribution in [0.2, 0.25) is 0 Å². The van der Waals surface area contributed by atoms with Gasteiger partial charge in [0.1, 0.15) is 5.78 Å². The van der Waals surface area contributed by atoms with E-state index in [0.29, 0.717) is 5.78 Å². The van der Waals surface area contributed by atoms with Crippen LogP contribution >= 0.6 is 15.9 Å². The lowest BCUT2D eigenvalue weighted by atomic mass is 9.48. The van der Waals surface area contributed by atoms with Gasteiger partial charge >= 0.3 is 0 Å². The fourth-order valence-corrected chi connectivity index (χ4v) is 3.03. The second-order valence-electron chi connectivity index (χ2n) is 3.81. The van der Waals surface area contributed by atoms with Gasteiger partial charge in [0, 0.05) is 17.2 Å². The Balaban J connectivity index is 1.99. The summed E-state index contributed by atoms with van der Waals surface area (Å²) in [5.74, 6) is 1.28. The molecule has 1 nitrogen and oxygen atoms in total. The van der Waals surface area contributed by atoms with Crippen LogP contribution in [0.25, 0.3) is 0 Å². The highest BCUT2D eigenvalue weighted by Crippen LogP contribution is 2.58. The first-order chi connectivity index (χ1) is 5.29. The fourth-order valence-electron chi connectivity index (χ4n) is 2.47. The number of halogens is 1. The normalized spacial score (nSPS) is 33.2. The maximum atomic E-state index is 11.3. The zero-order valence-electron chi connectivity index (χ0n) is 6.61. The molecule has 2 rings (SSSR count). The molecule has 2 saturated carbocycles. The van der Waals surface area contributed by atoms with Crippen molar-refractivity contribution in [1.29, 1.82) is 0 Å². The van der Waals surface area contributed by atoms with E-state index in [1.807, 2.05) is 0 Å². The van der Waals surface area contributed by atoms with Gasteiger partial charge in [-0.05, 0) is 25.2 Å². The number of carbonyl (C=O) groups is 1. The van der Waals surface area contributed by atoms with E-state index in [1.54, 1.807) is 0 Å². The van der Waals surface area contributed by atoms with Gasteiger partial charge in [0.2, 0.25) is 0 Å². The van der Waals surface area contributed by atoms with Crippen LogP contribution in [0.5, 0.6) is 0 Å². The van der Waals surface area contributed by atoms with Gasteiger partial charge in [-0.1, -0.05) is 22.4 Å². The molecule has 0 amide bonds. The molecule has 0 aliphatic heterocycles. The molecule has 0 saturated heterocycles. The Bertz CT molecular complexity index is 184. The molecular weight excluding hydrogens is 204 g/mol. The third-order valence-corrected chi connectivity index (χ3v) is 3.93. The van der Waals surface area contributed by atoms with Crippen LogP contribution in [-0.4, -0.2) is 11.1 Å². The smallest absolute Gasteiger partial charge is 0.139 e. The molecular formula is C9H13BrO. The average Bonchev–Trinajstić information content (AvgIpc) is 1.83. The van der Waals surface area contributed by atoms with E-state index in [9.17, 15) is 4.79 Å². The van der Waals surface area contributed by atoms with Gasteiger partial charge in [-0.15, -0.1) is 0 Å². The van der Waals surface area contributed by atoms with Gasteiger partial charge < -0.3 is 0 Å². The van der Waals surface area contributed by atoms with Crippen LogP contribution in [-0.2, 0) is 4.79 Å². The molecule has 0 aromatic rings. The van der Waals surface area contributed by atoms with Gasteiger partial charge in [0.15, 0.2) is 0 Å². The topological polar surface area (TPSA) is 17.1 Å². The van der Waals surface area contributed by atoms with E-state index < -0.39 is 0 Å². The highest BCUT2D eigenvalue weighted by molar-refractivity contribution is 9.09. The van der Waals surface area contributed by atoms with Crippen LogP contribution < -0.4 is 0 Å². The minimum absolute atomic E-state index is 0.202. The summed E-state index contributed by atoms with van der Waals surface area (Å²) in [4.78, 5) is 11.3. The molecule has 2 heteroatoms. The maximum Gasteiger partial charge on any atom is 0.139 e. The Labute approximate surface area is 75.7 Å². The van der Waals surface area contributed by atoms with Crippen molar-refractivity contribution in [3.63, 3.8) is 0 Å². The van der Waals surface area contributed by atoms with Gasteiger partial charge in [-0.25, -0.2) is 0 Å². The van der Waals surface area contributed by atoms with E-state index in [2.05, 4.69) is 15.9 Å². The second-order valence-corrected chi connectivity index (χ2v) is 4.60. The Kier molecular flexibility index (Phi) is 1.82. The van der Waals surface area contributed by atoms with Crippen molar-refractivity contribution >= 4 is 21.7 Å². The summed E-state index contributed by atoms with van der Waals surface area (Å²) >= 11 is 3.44. The van der Waals surface area contributed by atoms with Gasteiger partial charge in [-0.3, -0.25) is 4.79 Å². The van der Waals surface area contributed by atoms with E-state index in [-0.39, 0.29) is 5.41 Å². The van der Waals surface area contributed by atoms with Crippen LogP contribution in [0.4, 0.5) is 0 Å². The predicted molar refractivity (Wildman–Crippen MR) is 47.8 cm³/mol. The Morgan fingerprint density at radius 1 is 1.55 bits per heavy atom. The molecule has 0 N–H and O–H groups in total. The monoisotopic (exact) mass is 216 g/mol. The first-order valence-corrected chi connectivity index (χ1v) is 5.51. The number of carbonyl (C=O) groups excluding carboxylic acids is 1. The predicted octanol–water partition coefficient (Wildman–Crippen LogP) is 2.53. The molecule has 0 radical (unpaired) electrons. The van der Waals surface area contributed by atoms with Gasteiger partial charge in [0.05, 0.1) is 0 Å². The Morgan fingerprint density at radius 2 is 2.27 bits per heavy atom. The number of hydrogen-bond donors (Lipinski definition) is 0. The molecule has 1 spiro atoms. The molecule has 2 aliphatic rings. The zero-order chi connectivity index (χ0) is 7.90. The summed E-state index contributed by atoms with van der Waals surface area (Å²) in [5, 5.41) is 1.06. The minimum Gasteiger partial charge on any atom is -0.299 e. The Morgan fingerprint density at radius 3 is 2.64 bits per heavy atom. The number of ketones is 1. The summed E-state index contributed by atoms with van der Waals surface area (Å²) in [6.45, 7) is 0. The molecule has 1 atom stereocenters. The number of Topliss-reactive ketones (excluding diaryl/α,β-unsaturated/α-hetero) is 1. The van der Waals surface area contributed by atoms with Crippen molar-refractivity contribution in [2.24, 2.45) is 11.3 Å². The minimum atomic E-state index is 0.202. The molecule has 11 heavy (non-hydrogen) atoms. The van der Waals surface area contributed by atoms with Crippen LogP contribution in [0.1, 0.15) is 32.1 Å². The molecule has 0 aromatic carbocycles. The molecule has 0 bridgehead atoms. The number of hydrogen-bond acceptors (Lipinski definition) is 1. The van der Waals surface area contributed by atoms with Crippen LogP contribution in [0.15, 0.2) is 0 Å². The van der Waals surface area contributed by atoms with Crippen molar-refractivity contribution in [2.75, 3.05) is 5.33 Å². The molecule has 0 aromatic heterocycles. The van der Waals surface area contributed by atoms with Crippen molar-refractivity contribution in [3.8, 4) is 0 Å². The third kappa shape index (κ3) is 0.915. The summed E-state index contributed by atoms with van der Waals surface area (Å²) in [6, 6.07) is 0. The van der Waals surface area contributed by atoms with E-state index >= 15 is 0 Å². The molecule has 2 fully saturated rings. The van der Waals surface area contributed by atoms with Gasteiger partial charge in [0.25, 0.3) is 0 Å². The average molecular weight is 217 g/mol. The zero-order valence-corrected chi connectivity index (χ0v) is 8.19. The van der Waals surface area contributed by atoms with Crippen LogP contribution in [0.3, 0.4) is 0 Å². The SMILES string of the molecule is O=C1CC(CCBr)C12CCC2. The highest BCUT2D eigenvalue weighted by atomic mass is 79.9. The lowest BCUT2D eigenvalue weighted by Gasteiger charge is -2.54. The summed E-state index contributed by atoms with van der Waals surface area (Å²) in [5.41, 5.74) is 0.202. The first kappa shape index (κ1) is 7.78. The molecule has 62 valence electrons. The maximum absolute atomic E-state index is 11.3. The lowest BCUT2D eigenvalue weighted by molar-refractivity contribution is -0.155. The second kappa shape index (κ2) is 2.58. The standard InChI is InChI=1S/C9H13BrO/c10-5-2-7-6-8(11)9(7)3-1-4-9/h7H,1-6H2. The van der Waals surface area contributed by atoms with E-state index in [0.717, 1.165) is 17.7 Å². The van der Waals surface area contributed by atoms with Crippen molar-refractivity contribution < 1.29 is 4.79 Å². The van der Waals surface area contributed by atoms with Crippen LogP contribution in [0, 0.1) is 11.3 Å². The molecule has 1 unspecified atom stereocenters. The molecule has 2 aliphatic carbocycles. The number of alkyl halides is 1. The lowest BCUT2D eigenvalue weighted by Crippen LogP contribution is -2.54. The third-order valence-electron chi connectivity index (χ3n) is 3.47.